The summed E-state index contributed by atoms with van der Waals surface area (Å²) >= 11 is 1.15. The van der Waals surface area contributed by atoms with E-state index < -0.39 is 9.85 Å². The van der Waals surface area contributed by atoms with E-state index in [1.165, 1.54) is 24.3 Å². The largest absolute Gasteiger partial charge is 0.325 e. The number of rotatable bonds is 8. The second-order valence-electron chi connectivity index (χ2n) is 6.45. The molecular weight excluding hydrogens is 424 g/mol. The normalized spacial score (nSPS) is 10.6. The summed E-state index contributed by atoms with van der Waals surface area (Å²) in [7, 11) is 0. The predicted molar refractivity (Wildman–Crippen MR) is 115 cm³/mol. The molecule has 1 N–H and O–H groups in total. The Morgan fingerprint density at radius 1 is 1.10 bits per heavy atom. The standard InChI is InChI=1S/C19H18N6O5S/c1-3-23-18(13-5-4-6-14(9-13)24(27)28)21-22-19(23)31-11-17(26)20-16-10-15(25(29)30)8-7-12(16)2/h4-10H,3,11H2,1-2H3,(H,20,26). The lowest BCUT2D eigenvalue weighted by Crippen LogP contribution is -2.15. The fourth-order valence-corrected chi connectivity index (χ4v) is 3.63. The summed E-state index contributed by atoms with van der Waals surface area (Å²) in [6, 6.07) is 10.3. The molecule has 3 aromatic rings. The van der Waals surface area contributed by atoms with Crippen LogP contribution in [0.25, 0.3) is 11.4 Å². The van der Waals surface area contributed by atoms with Crippen molar-refractivity contribution in [2.75, 3.05) is 11.1 Å². The summed E-state index contributed by atoms with van der Waals surface area (Å²) in [5.74, 6) is 0.120. The van der Waals surface area contributed by atoms with Crippen LogP contribution < -0.4 is 5.32 Å². The Hall–Kier alpha value is -3.80. The molecule has 1 heterocycles. The van der Waals surface area contributed by atoms with Crippen LogP contribution in [0.4, 0.5) is 17.1 Å². The van der Waals surface area contributed by atoms with Crippen LogP contribution in [0.15, 0.2) is 47.6 Å². The average Bonchev–Trinajstić information content (AvgIpc) is 3.16. The van der Waals surface area contributed by atoms with E-state index in [0.29, 0.717) is 34.3 Å². The Balaban J connectivity index is 1.74. The van der Waals surface area contributed by atoms with Crippen LogP contribution in [0, 0.1) is 27.2 Å². The first kappa shape index (κ1) is 21.9. The van der Waals surface area contributed by atoms with Crippen LogP contribution in [0.2, 0.25) is 0 Å². The molecule has 3 rings (SSSR count). The molecule has 11 nitrogen and oxygen atoms in total. The number of hydrogen-bond acceptors (Lipinski definition) is 8. The number of nitrogens with one attached hydrogen (secondary N) is 1. The van der Waals surface area contributed by atoms with Crippen molar-refractivity contribution in [1.29, 1.82) is 0 Å². The number of nitro benzene ring substituents is 2. The number of anilines is 1. The number of nitro groups is 2. The molecule has 1 amide bonds. The van der Waals surface area contributed by atoms with Crippen molar-refractivity contribution in [3.8, 4) is 11.4 Å². The van der Waals surface area contributed by atoms with Gasteiger partial charge in [-0.25, -0.2) is 0 Å². The molecule has 0 aliphatic rings. The van der Waals surface area contributed by atoms with Gasteiger partial charge in [-0.2, -0.15) is 0 Å². The fourth-order valence-electron chi connectivity index (χ4n) is 2.83. The third kappa shape index (κ3) is 5.04. The lowest BCUT2D eigenvalue weighted by Gasteiger charge is -2.09. The molecule has 0 fully saturated rings. The summed E-state index contributed by atoms with van der Waals surface area (Å²) < 4.78 is 1.76. The van der Waals surface area contributed by atoms with Gasteiger partial charge in [-0.15, -0.1) is 10.2 Å². The van der Waals surface area contributed by atoms with Crippen molar-refractivity contribution >= 4 is 34.7 Å². The van der Waals surface area contributed by atoms with E-state index in [-0.39, 0.29) is 23.0 Å². The Bertz CT molecular complexity index is 1160. The van der Waals surface area contributed by atoms with E-state index in [9.17, 15) is 25.0 Å². The molecule has 0 spiro atoms. The topological polar surface area (TPSA) is 146 Å². The molecule has 0 aliphatic heterocycles. The second-order valence-corrected chi connectivity index (χ2v) is 7.39. The number of amides is 1. The number of carbonyl (C=O) groups excluding carboxylic acids is 1. The maximum absolute atomic E-state index is 12.4. The van der Waals surface area contributed by atoms with Crippen LogP contribution in [0.5, 0.6) is 0 Å². The quantitative estimate of drug-likeness (QED) is 0.315. The highest BCUT2D eigenvalue weighted by Crippen LogP contribution is 2.27. The summed E-state index contributed by atoms with van der Waals surface area (Å²) in [4.78, 5) is 33.3. The molecule has 0 saturated heterocycles. The third-order valence-electron chi connectivity index (χ3n) is 4.39. The van der Waals surface area contributed by atoms with Crippen molar-refractivity contribution < 1.29 is 14.6 Å². The highest BCUT2D eigenvalue weighted by atomic mass is 32.2. The van der Waals surface area contributed by atoms with Gasteiger partial charge in [-0.1, -0.05) is 30.0 Å². The van der Waals surface area contributed by atoms with Crippen molar-refractivity contribution in [2.24, 2.45) is 0 Å². The summed E-state index contributed by atoms with van der Waals surface area (Å²) in [5.41, 5.74) is 1.46. The number of aromatic nitrogens is 3. The van der Waals surface area contributed by atoms with Crippen molar-refractivity contribution in [1.82, 2.24) is 14.8 Å². The number of hydrogen-bond donors (Lipinski definition) is 1. The molecule has 0 saturated carbocycles. The fraction of sp³-hybridized carbons (Fsp3) is 0.211. The molecule has 31 heavy (non-hydrogen) atoms. The predicted octanol–water partition coefficient (Wildman–Crippen LogP) is 3.82. The molecule has 160 valence electrons. The van der Waals surface area contributed by atoms with E-state index in [1.54, 1.807) is 29.7 Å². The molecule has 0 radical (unpaired) electrons. The van der Waals surface area contributed by atoms with Crippen LogP contribution in [0.3, 0.4) is 0 Å². The summed E-state index contributed by atoms with van der Waals surface area (Å²) in [6.07, 6.45) is 0. The van der Waals surface area contributed by atoms with Gasteiger partial charge >= 0.3 is 0 Å². The molecular formula is C19H18N6O5S. The lowest BCUT2D eigenvalue weighted by molar-refractivity contribution is -0.385. The van der Waals surface area contributed by atoms with Crippen molar-refractivity contribution in [3.05, 3.63) is 68.3 Å². The Morgan fingerprint density at radius 3 is 2.48 bits per heavy atom. The van der Waals surface area contributed by atoms with Crippen LogP contribution in [-0.2, 0) is 11.3 Å². The number of thioether (sulfide) groups is 1. The second kappa shape index (κ2) is 9.34. The molecule has 0 bridgehead atoms. The minimum atomic E-state index is -0.525. The van der Waals surface area contributed by atoms with E-state index in [1.807, 2.05) is 6.92 Å². The number of nitrogens with zero attached hydrogens (tertiary/aromatic N) is 5. The average molecular weight is 442 g/mol. The molecule has 2 aromatic carbocycles. The van der Waals surface area contributed by atoms with Gasteiger partial charge in [-0.3, -0.25) is 25.0 Å². The Morgan fingerprint density at radius 2 is 1.81 bits per heavy atom. The Kier molecular flexibility index (Phi) is 6.60. The van der Waals surface area contributed by atoms with E-state index in [2.05, 4.69) is 15.5 Å². The van der Waals surface area contributed by atoms with Crippen LogP contribution in [-0.4, -0.2) is 36.3 Å². The Labute approximate surface area is 180 Å². The summed E-state index contributed by atoms with van der Waals surface area (Å²) in [6.45, 7) is 4.12. The molecule has 0 unspecified atom stereocenters. The zero-order valence-corrected chi connectivity index (χ0v) is 17.5. The summed E-state index contributed by atoms with van der Waals surface area (Å²) in [5, 5.41) is 33.4. The minimum Gasteiger partial charge on any atom is -0.325 e. The maximum atomic E-state index is 12.4. The number of benzene rings is 2. The number of non-ortho nitro benzene ring substituents is 2. The van der Waals surface area contributed by atoms with Gasteiger partial charge in [0.15, 0.2) is 11.0 Å². The lowest BCUT2D eigenvalue weighted by atomic mass is 10.2. The zero-order valence-electron chi connectivity index (χ0n) is 16.6. The van der Waals surface area contributed by atoms with Gasteiger partial charge in [-0.05, 0) is 19.4 Å². The molecule has 12 heteroatoms. The highest BCUT2D eigenvalue weighted by molar-refractivity contribution is 7.99. The molecule has 0 atom stereocenters. The van der Waals surface area contributed by atoms with Crippen molar-refractivity contribution in [3.63, 3.8) is 0 Å². The molecule has 1 aromatic heterocycles. The van der Waals surface area contributed by atoms with Gasteiger partial charge in [0, 0.05) is 36.4 Å². The molecule has 0 aliphatic carbocycles. The number of aryl methyl sites for hydroxylation is 1. The number of carbonyl (C=O) groups is 1. The third-order valence-corrected chi connectivity index (χ3v) is 5.35. The minimum absolute atomic E-state index is 0.00913. The van der Waals surface area contributed by atoms with Gasteiger partial charge in [0.25, 0.3) is 11.4 Å². The van der Waals surface area contributed by atoms with Crippen LogP contribution in [0.1, 0.15) is 12.5 Å². The van der Waals surface area contributed by atoms with E-state index in [4.69, 9.17) is 0 Å². The van der Waals surface area contributed by atoms with Crippen LogP contribution >= 0.6 is 11.8 Å². The van der Waals surface area contributed by atoms with E-state index >= 15 is 0 Å². The first-order chi connectivity index (χ1) is 14.8. The van der Waals surface area contributed by atoms with Gasteiger partial charge in [0.05, 0.1) is 21.3 Å². The first-order valence-electron chi connectivity index (χ1n) is 9.16. The van der Waals surface area contributed by atoms with Crippen molar-refractivity contribution in [2.45, 2.75) is 25.5 Å². The van der Waals surface area contributed by atoms with E-state index in [0.717, 1.165) is 11.8 Å². The monoisotopic (exact) mass is 442 g/mol. The first-order valence-corrected chi connectivity index (χ1v) is 10.1. The van der Waals surface area contributed by atoms with Gasteiger partial charge < -0.3 is 9.88 Å². The maximum Gasteiger partial charge on any atom is 0.271 e. The SMILES string of the molecule is CCn1c(SCC(=O)Nc2cc([N+](=O)[O-])ccc2C)nnc1-c1cccc([N+](=O)[O-])c1. The zero-order chi connectivity index (χ0) is 22.5. The smallest absolute Gasteiger partial charge is 0.271 e. The highest BCUT2D eigenvalue weighted by Gasteiger charge is 2.17. The van der Waals surface area contributed by atoms with Gasteiger partial charge in [0.1, 0.15) is 0 Å². The van der Waals surface area contributed by atoms with Gasteiger partial charge in [0.2, 0.25) is 5.91 Å².